The lowest BCUT2D eigenvalue weighted by molar-refractivity contribution is -0.114. The summed E-state index contributed by atoms with van der Waals surface area (Å²) in [6.07, 6.45) is 0. The topological polar surface area (TPSA) is 114 Å². The molecule has 0 saturated heterocycles. The van der Waals surface area contributed by atoms with Gasteiger partial charge in [0.15, 0.2) is 5.16 Å². The highest BCUT2D eigenvalue weighted by molar-refractivity contribution is 7.99. The van der Waals surface area contributed by atoms with Gasteiger partial charge >= 0.3 is 6.01 Å². The van der Waals surface area contributed by atoms with Crippen LogP contribution in [0.3, 0.4) is 0 Å². The van der Waals surface area contributed by atoms with Gasteiger partial charge in [0.2, 0.25) is 17.5 Å². The Labute approximate surface area is 168 Å². The zero-order valence-electron chi connectivity index (χ0n) is 15.3. The van der Waals surface area contributed by atoms with E-state index in [1.165, 1.54) is 11.8 Å². The van der Waals surface area contributed by atoms with Crippen LogP contribution in [0.5, 0.6) is 0 Å². The molecule has 0 unspecified atom stereocenters. The number of carbonyl (C=O) groups excluding carboxylic acids is 1. The fourth-order valence-corrected chi connectivity index (χ4v) is 3.68. The first-order valence-corrected chi connectivity index (χ1v) is 9.81. The Bertz CT molecular complexity index is 1320. The standard InChI is InChI=1S/C19H15N7O2S/c1-11-6-8-12(9-7-11)16-22-18(28-25-16)21-15(27)10-29-19-24-23-17-20-13-4-2-3-5-14(13)26(17)19/h2-9H,10H2,1H3,(H,20,23)(H,21,22,25,27). The van der Waals surface area contributed by atoms with Crippen molar-refractivity contribution in [2.24, 2.45) is 0 Å². The van der Waals surface area contributed by atoms with Gasteiger partial charge in [0.25, 0.3) is 0 Å². The third kappa shape index (κ3) is 3.34. The van der Waals surface area contributed by atoms with Gasteiger partial charge in [-0.25, -0.2) is 10.1 Å². The number of amides is 1. The van der Waals surface area contributed by atoms with E-state index in [-0.39, 0.29) is 17.7 Å². The number of aromatic nitrogens is 6. The van der Waals surface area contributed by atoms with Gasteiger partial charge in [-0.2, -0.15) is 4.98 Å². The number of aromatic amines is 1. The van der Waals surface area contributed by atoms with Crippen molar-refractivity contribution in [2.75, 3.05) is 11.1 Å². The number of aryl methyl sites for hydroxylation is 1. The van der Waals surface area contributed by atoms with E-state index < -0.39 is 0 Å². The molecule has 1 amide bonds. The molecule has 0 aliphatic carbocycles. The Morgan fingerprint density at radius 3 is 2.86 bits per heavy atom. The highest BCUT2D eigenvalue weighted by Gasteiger charge is 2.15. The molecular formula is C19H15N7O2S. The maximum atomic E-state index is 12.3. The van der Waals surface area contributed by atoms with E-state index in [0.717, 1.165) is 22.2 Å². The number of fused-ring (bicyclic) bond motifs is 3. The molecule has 0 radical (unpaired) electrons. The number of nitrogens with zero attached hydrogens (tertiary/aromatic N) is 5. The molecule has 2 aromatic carbocycles. The van der Waals surface area contributed by atoms with Crippen LogP contribution in [0.2, 0.25) is 0 Å². The van der Waals surface area contributed by atoms with Gasteiger partial charge in [-0.1, -0.05) is 58.9 Å². The van der Waals surface area contributed by atoms with Crippen molar-refractivity contribution in [3.05, 3.63) is 54.1 Å². The fourth-order valence-electron chi connectivity index (χ4n) is 2.92. The van der Waals surface area contributed by atoms with E-state index in [0.29, 0.717) is 16.8 Å². The highest BCUT2D eigenvalue weighted by Crippen LogP contribution is 2.23. The molecule has 10 heteroatoms. The minimum Gasteiger partial charge on any atom is -0.315 e. The quantitative estimate of drug-likeness (QED) is 0.431. The molecule has 3 aromatic heterocycles. The Morgan fingerprint density at radius 1 is 1.17 bits per heavy atom. The van der Waals surface area contributed by atoms with Crippen molar-refractivity contribution in [1.82, 2.24) is 29.7 Å². The van der Waals surface area contributed by atoms with E-state index >= 15 is 0 Å². The van der Waals surface area contributed by atoms with Crippen LogP contribution in [0.25, 0.3) is 28.2 Å². The van der Waals surface area contributed by atoms with Crippen LogP contribution < -0.4 is 5.32 Å². The molecule has 0 saturated carbocycles. The molecule has 5 aromatic rings. The summed E-state index contributed by atoms with van der Waals surface area (Å²) in [7, 11) is 0. The summed E-state index contributed by atoms with van der Waals surface area (Å²) < 4.78 is 7.02. The average molecular weight is 405 g/mol. The normalized spacial score (nSPS) is 11.3. The molecule has 0 aliphatic heterocycles. The molecule has 0 fully saturated rings. The lowest BCUT2D eigenvalue weighted by Crippen LogP contribution is -2.14. The number of thioether (sulfide) groups is 1. The van der Waals surface area contributed by atoms with E-state index in [1.54, 1.807) is 0 Å². The minimum atomic E-state index is -0.269. The third-order valence-electron chi connectivity index (χ3n) is 4.32. The molecule has 0 bridgehead atoms. The predicted molar refractivity (Wildman–Crippen MR) is 109 cm³/mol. The first kappa shape index (κ1) is 17.4. The first-order chi connectivity index (χ1) is 14.2. The molecule has 0 atom stereocenters. The summed E-state index contributed by atoms with van der Waals surface area (Å²) in [5, 5.41) is 14.3. The summed E-state index contributed by atoms with van der Waals surface area (Å²) in [4.78, 5) is 21.0. The summed E-state index contributed by atoms with van der Waals surface area (Å²) in [5.74, 6) is 0.921. The van der Waals surface area contributed by atoms with Crippen molar-refractivity contribution >= 4 is 40.5 Å². The number of rotatable bonds is 5. The van der Waals surface area contributed by atoms with Crippen molar-refractivity contribution < 1.29 is 9.32 Å². The second kappa shape index (κ2) is 7.06. The molecule has 9 nitrogen and oxygen atoms in total. The largest absolute Gasteiger partial charge is 0.328 e. The first-order valence-electron chi connectivity index (χ1n) is 8.82. The number of hydrogen-bond donors (Lipinski definition) is 2. The summed E-state index contributed by atoms with van der Waals surface area (Å²) in [6, 6.07) is 15.5. The Kier molecular flexibility index (Phi) is 4.24. The number of anilines is 1. The van der Waals surface area contributed by atoms with Gasteiger partial charge in [0.1, 0.15) is 0 Å². The van der Waals surface area contributed by atoms with Crippen LogP contribution in [-0.4, -0.2) is 41.4 Å². The van der Waals surface area contributed by atoms with Gasteiger partial charge in [0, 0.05) is 5.56 Å². The number of nitrogens with one attached hydrogen (secondary N) is 2. The van der Waals surface area contributed by atoms with Crippen LogP contribution in [0.1, 0.15) is 5.56 Å². The summed E-state index contributed by atoms with van der Waals surface area (Å²) in [5.41, 5.74) is 3.75. The zero-order valence-corrected chi connectivity index (χ0v) is 16.1. The van der Waals surface area contributed by atoms with E-state index in [9.17, 15) is 4.79 Å². The second-order valence-corrected chi connectivity index (χ2v) is 7.33. The number of para-hydroxylation sites is 2. The van der Waals surface area contributed by atoms with E-state index in [4.69, 9.17) is 4.52 Å². The number of benzene rings is 2. The van der Waals surface area contributed by atoms with Gasteiger partial charge < -0.3 is 4.52 Å². The summed E-state index contributed by atoms with van der Waals surface area (Å²) >= 11 is 1.29. The maximum Gasteiger partial charge on any atom is 0.328 e. The molecule has 3 heterocycles. The number of H-pyrrole nitrogens is 1. The Hall–Kier alpha value is -3.66. The molecule has 0 spiro atoms. The van der Waals surface area contributed by atoms with Crippen LogP contribution in [-0.2, 0) is 4.79 Å². The summed E-state index contributed by atoms with van der Waals surface area (Å²) in [6.45, 7) is 2.00. The number of hydrogen-bond acceptors (Lipinski definition) is 7. The van der Waals surface area contributed by atoms with Gasteiger partial charge in [-0.3, -0.25) is 14.5 Å². The minimum absolute atomic E-state index is 0.0615. The van der Waals surface area contributed by atoms with Crippen molar-refractivity contribution in [3.63, 3.8) is 0 Å². The van der Waals surface area contributed by atoms with Crippen LogP contribution >= 0.6 is 11.8 Å². The highest BCUT2D eigenvalue weighted by atomic mass is 32.2. The van der Waals surface area contributed by atoms with Crippen molar-refractivity contribution in [2.45, 2.75) is 12.1 Å². The SMILES string of the molecule is Cc1ccc(-c2noc(NC(=O)CSc3n[nH]c4nc5ccccc5n34)n2)cc1. The zero-order chi connectivity index (χ0) is 19.8. The number of carbonyl (C=O) groups is 1. The van der Waals surface area contributed by atoms with Crippen LogP contribution in [0.4, 0.5) is 6.01 Å². The molecule has 29 heavy (non-hydrogen) atoms. The lowest BCUT2D eigenvalue weighted by Gasteiger charge is -1.99. The smallest absolute Gasteiger partial charge is 0.315 e. The molecule has 2 N–H and O–H groups in total. The average Bonchev–Trinajstić information content (AvgIpc) is 3.42. The molecule has 5 rings (SSSR count). The van der Waals surface area contributed by atoms with Crippen LogP contribution in [0.15, 0.2) is 58.2 Å². The molecule has 0 aliphatic rings. The van der Waals surface area contributed by atoms with Gasteiger partial charge in [-0.15, -0.1) is 5.10 Å². The van der Waals surface area contributed by atoms with E-state index in [1.807, 2.05) is 59.9 Å². The van der Waals surface area contributed by atoms with Gasteiger partial charge in [0.05, 0.1) is 16.8 Å². The van der Waals surface area contributed by atoms with Crippen molar-refractivity contribution in [3.8, 4) is 11.4 Å². The van der Waals surface area contributed by atoms with Crippen LogP contribution in [0, 0.1) is 6.92 Å². The van der Waals surface area contributed by atoms with Gasteiger partial charge in [-0.05, 0) is 19.1 Å². The second-order valence-electron chi connectivity index (χ2n) is 6.39. The third-order valence-corrected chi connectivity index (χ3v) is 5.26. The monoisotopic (exact) mass is 405 g/mol. The Morgan fingerprint density at radius 2 is 2.00 bits per heavy atom. The Balaban J connectivity index is 1.27. The maximum absolute atomic E-state index is 12.3. The molecular weight excluding hydrogens is 390 g/mol. The van der Waals surface area contributed by atoms with Crippen molar-refractivity contribution in [1.29, 1.82) is 0 Å². The van der Waals surface area contributed by atoms with E-state index in [2.05, 4.69) is 30.6 Å². The fraction of sp³-hybridized carbons (Fsp3) is 0.105. The predicted octanol–water partition coefficient (Wildman–Crippen LogP) is 3.30. The number of imidazole rings is 1. The molecule has 144 valence electrons. The lowest BCUT2D eigenvalue weighted by atomic mass is 10.1.